The van der Waals surface area contributed by atoms with Gasteiger partial charge in [0.25, 0.3) is 0 Å². The molecular weight excluding hydrogens is 1280 g/mol. The highest BCUT2D eigenvalue weighted by Crippen LogP contribution is 2.45. The Kier molecular flexibility index (Phi) is 68.1. The van der Waals surface area contributed by atoms with Gasteiger partial charge in [0, 0.05) is 25.7 Å². The molecule has 0 saturated heterocycles. The summed E-state index contributed by atoms with van der Waals surface area (Å²) in [4.78, 5) is 72.9. The van der Waals surface area contributed by atoms with E-state index in [1.165, 1.54) is 212 Å². The number of aliphatic hydroxyl groups is 1. The van der Waals surface area contributed by atoms with Gasteiger partial charge in [-0.05, 0) is 43.4 Å². The molecule has 0 saturated carbocycles. The minimum Gasteiger partial charge on any atom is -0.462 e. The van der Waals surface area contributed by atoms with Crippen LogP contribution in [0.2, 0.25) is 0 Å². The molecule has 0 aliphatic carbocycles. The molecule has 0 amide bonds. The Morgan fingerprint density at radius 1 is 0.276 bits per heavy atom. The smallest absolute Gasteiger partial charge is 0.462 e. The fraction of sp³-hybridized carbons (Fsp3) is 0.949. The van der Waals surface area contributed by atoms with Crippen LogP contribution in [0.1, 0.15) is 408 Å². The lowest BCUT2D eigenvalue weighted by atomic mass is 10.0. The molecule has 3 N–H and O–H groups in total. The molecule has 17 nitrogen and oxygen atoms in total. The van der Waals surface area contributed by atoms with E-state index in [9.17, 15) is 43.2 Å². The highest BCUT2D eigenvalue weighted by molar-refractivity contribution is 7.47. The Balaban J connectivity index is 5.21. The summed E-state index contributed by atoms with van der Waals surface area (Å²) in [7, 11) is -9.92. The van der Waals surface area contributed by atoms with Crippen LogP contribution in [0, 0.1) is 17.8 Å². The summed E-state index contributed by atoms with van der Waals surface area (Å²) in [5, 5.41) is 10.6. The largest absolute Gasteiger partial charge is 0.472 e. The lowest BCUT2D eigenvalue weighted by molar-refractivity contribution is -0.161. The van der Waals surface area contributed by atoms with Crippen LogP contribution in [0.5, 0.6) is 0 Å². The van der Waals surface area contributed by atoms with E-state index < -0.39 is 97.5 Å². The third kappa shape index (κ3) is 72.4. The van der Waals surface area contributed by atoms with E-state index in [0.29, 0.717) is 31.6 Å². The number of hydrogen-bond donors (Lipinski definition) is 3. The molecule has 0 fully saturated rings. The van der Waals surface area contributed by atoms with Crippen LogP contribution < -0.4 is 0 Å². The molecule has 0 heterocycles. The van der Waals surface area contributed by atoms with Crippen LogP contribution in [0.25, 0.3) is 0 Å². The number of unbranched alkanes of at least 4 members (excludes halogenated alkanes) is 45. The fourth-order valence-electron chi connectivity index (χ4n) is 12.1. The van der Waals surface area contributed by atoms with Gasteiger partial charge < -0.3 is 33.8 Å². The Hall–Kier alpha value is -1.94. The van der Waals surface area contributed by atoms with E-state index in [2.05, 4.69) is 48.5 Å². The van der Waals surface area contributed by atoms with Gasteiger partial charge in [-0.25, -0.2) is 9.13 Å². The molecule has 0 aromatic carbocycles. The van der Waals surface area contributed by atoms with E-state index in [0.717, 1.165) is 108 Å². The van der Waals surface area contributed by atoms with Crippen molar-refractivity contribution >= 4 is 39.5 Å². The van der Waals surface area contributed by atoms with Gasteiger partial charge in [0.15, 0.2) is 12.2 Å². The van der Waals surface area contributed by atoms with Crippen molar-refractivity contribution in [1.29, 1.82) is 0 Å². The van der Waals surface area contributed by atoms with Gasteiger partial charge in [-0.2, -0.15) is 0 Å². The van der Waals surface area contributed by atoms with Gasteiger partial charge >= 0.3 is 39.5 Å². The van der Waals surface area contributed by atoms with Gasteiger partial charge in [0.1, 0.15) is 19.3 Å². The van der Waals surface area contributed by atoms with Crippen LogP contribution >= 0.6 is 15.6 Å². The van der Waals surface area contributed by atoms with Crippen molar-refractivity contribution < 1.29 is 80.2 Å². The molecule has 0 aliphatic rings. The molecule has 19 heteroatoms. The molecular formula is C79H154O17P2. The molecule has 5 atom stereocenters. The minimum atomic E-state index is -4.96. The first-order valence-corrected chi connectivity index (χ1v) is 43.8. The second kappa shape index (κ2) is 69.4. The van der Waals surface area contributed by atoms with Crippen LogP contribution in [0.4, 0.5) is 0 Å². The molecule has 0 aromatic rings. The molecule has 2 unspecified atom stereocenters. The fourth-order valence-corrected chi connectivity index (χ4v) is 13.7. The number of hydrogen-bond acceptors (Lipinski definition) is 15. The van der Waals surface area contributed by atoms with Gasteiger partial charge in [0.2, 0.25) is 0 Å². The second-order valence-corrected chi connectivity index (χ2v) is 32.8. The van der Waals surface area contributed by atoms with Crippen LogP contribution in [-0.2, 0) is 65.4 Å². The first-order chi connectivity index (χ1) is 47.2. The summed E-state index contributed by atoms with van der Waals surface area (Å²) in [5.41, 5.74) is 0. The van der Waals surface area contributed by atoms with Crippen molar-refractivity contribution in [2.75, 3.05) is 39.6 Å². The average Bonchev–Trinajstić information content (AvgIpc) is 0.948. The zero-order chi connectivity index (χ0) is 72.3. The SMILES string of the molecule is CCCCCCCCCCCCCCCCCCCCCCCC(=O)O[C@H](COC(=O)CCCCCCCCCCCCCCC(C)C)COP(=O)(O)OC[C@@H](O)COP(=O)(O)OC[C@@H](COC(=O)CCCCCCCCC(C)C)OC(=O)CCCCCCCCCCCCC(C)C. The van der Waals surface area contributed by atoms with Crippen LogP contribution in [-0.4, -0.2) is 96.7 Å². The van der Waals surface area contributed by atoms with E-state index in [1.807, 2.05) is 0 Å². The zero-order valence-corrected chi connectivity index (χ0v) is 66.0. The molecule has 98 heavy (non-hydrogen) atoms. The molecule has 0 aromatic heterocycles. The molecule has 0 rings (SSSR count). The lowest BCUT2D eigenvalue weighted by Gasteiger charge is -2.21. The topological polar surface area (TPSA) is 237 Å². The van der Waals surface area contributed by atoms with Crippen molar-refractivity contribution in [2.24, 2.45) is 17.8 Å². The normalized spacial score (nSPS) is 14.0. The molecule has 582 valence electrons. The van der Waals surface area contributed by atoms with Gasteiger partial charge in [-0.3, -0.25) is 37.3 Å². The van der Waals surface area contributed by atoms with Crippen LogP contribution in [0.15, 0.2) is 0 Å². The first-order valence-electron chi connectivity index (χ1n) is 40.8. The number of rotatable bonds is 77. The summed E-state index contributed by atoms with van der Waals surface area (Å²) < 4.78 is 68.6. The molecule has 0 radical (unpaired) electrons. The van der Waals surface area contributed by atoms with Gasteiger partial charge in [-0.1, -0.05) is 357 Å². The minimum absolute atomic E-state index is 0.105. The Bertz CT molecular complexity index is 1900. The van der Waals surface area contributed by atoms with E-state index in [-0.39, 0.29) is 25.7 Å². The highest BCUT2D eigenvalue weighted by atomic mass is 31.2. The lowest BCUT2D eigenvalue weighted by Crippen LogP contribution is -2.30. The van der Waals surface area contributed by atoms with E-state index >= 15 is 0 Å². The summed E-state index contributed by atoms with van der Waals surface area (Å²) in [6.45, 7) is 11.8. The summed E-state index contributed by atoms with van der Waals surface area (Å²) in [6.07, 6.45) is 57.2. The molecule has 0 bridgehead atoms. The third-order valence-corrected chi connectivity index (χ3v) is 20.3. The zero-order valence-electron chi connectivity index (χ0n) is 64.3. The summed E-state index contributed by atoms with van der Waals surface area (Å²) >= 11 is 0. The number of carbonyl (C=O) groups excluding carboxylic acids is 4. The summed E-state index contributed by atoms with van der Waals surface area (Å²) in [5.74, 6) is 0.0957. The standard InChI is InChI=1S/C79H154O17P2/c1-8-9-10-11-12-13-14-15-16-17-18-19-20-21-22-23-28-34-39-48-55-62-78(83)95-74(66-89-76(81)60-53-46-38-33-27-25-24-26-31-36-43-50-57-70(2)3)68-93-97(85,86)91-64-73(80)65-92-98(87,88)94-69-75(67-90-77(82)61-54-47-42-41-45-52-59-72(6)7)96-79(84)63-56-49-40-35-30-29-32-37-44-51-58-71(4)5/h70-75,80H,8-69H2,1-7H3,(H,85,86)(H,87,88)/t73-,74-,75-/m1/s1. The third-order valence-electron chi connectivity index (χ3n) is 18.4. The molecule has 0 spiro atoms. The van der Waals surface area contributed by atoms with Crippen molar-refractivity contribution in [3.8, 4) is 0 Å². The maximum atomic E-state index is 13.1. The highest BCUT2D eigenvalue weighted by Gasteiger charge is 2.30. The van der Waals surface area contributed by atoms with E-state index in [4.69, 9.17) is 37.0 Å². The molecule has 0 aliphatic heterocycles. The van der Waals surface area contributed by atoms with Gasteiger partial charge in [-0.15, -0.1) is 0 Å². The van der Waals surface area contributed by atoms with Crippen molar-refractivity contribution in [3.05, 3.63) is 0 Å². The van der Waals surface area contributed by atoms with E-state index in [1.54, 1.807) is 0 Å². The Labute approximate surface area is 600 Å². The van der Waals surface area contributed by atoms with Crippen molar-refractivity contribution in [1.82, 2.24) is 0 Å². The number of aliphatic hydroxyl groups excluding tert-OH is 1. The average molecular weight is 1440 g/mol. The predicted octanol–water partition coefficient (Wildman–Crippen LogP) is 23.4. The maximum absolute atomic E-state index is 13.1. The Morgan fingerprint density at radius 3 is 0.694 bits per heavy atom. The number of phosphoric ester groups is 2. The Morgan fingerprint density at radius 2 is 0.469 bits per heavy atom. The monoisotopic (exact) mass is 1440 g/mol. The van der Waals surface area contributed by atoms with Gasteiger partial charge in [0.05, 0.1) is 26.4 Å². The number of carbonyl (C=O) groups is 4. The number of esters is 4. The van der Waals surface area contributed by atoms with Crippen LogP contribution in [0.3, 0.4) is 0 Å². The van der Waals surface area contributed by atoms with Crippen molar-refractivity contribution in [2.45, 2.75) is 426 Å². The first kappa shape index (κ1) is 96.1. The predicted molar refractivity (Wildman–Crippen MR) is 400 cm³/mol. The van der Waals surface area contributed by atoms with Crippen molar-refractivity contribution in [3.63, 3.8) is 0 Å². The maximum Gasteiger partial charge on any atom is 0.472 e. The second-order valence-electron chi connectivity index (χ2n) is 29.9. The summed E-state index contributed by atoms with van der Waals surface area (Å²) in [6, 6.07) is 0. The quantitative estimate of drug-likeness (QED) is 0.0222. The number of ether oxygens (including phenoxy) is 4. The number of phosphoric acid groups is 2.